The average Bonchev–Trinajstić information content (AvgIpc) is 3.02. The van der Waals surface area contributed by atoms with Crippen molar-refractivity contribution >= 4 is 40.6 Å². The Hall–Kier alpha value is -3.67. The van der Waals surface area contributed by atoms with E-state index in [0.717, 1.165) is 27.4 Å². The Morgan fingerprint density at radius 2 is 1.18 bits per heavy atom. The normalized spacial score (nSPS) is 12.1. The van der Waals surface area contributed by atoms with Crippen molar-refractivity contribution in [3.63, 3.8) is 0 Å². The van der Waals surface area contributed by atoms with Crippen molar-refractivity contribution in [2.45, 2.75) is 19.6 Å². The second kappa shape index (κ2) is 11.8. The fourth-order valence-corrected chi connectivity index (χ4v) is 6.95. The number of fused-ring (bicyclic) bond motifs is 4. The van der Waals surface area contributed by atoms with E-state index in [0.29, 0.717) is 0 Å². The zero-order valence-electron chi connectivity index (χ0n) is 21.1. The molecule has 4 aromatic carbocycles. The molecule has 40 heavy (non-hydrogen) atoms. The molecular formula is C34H21IrN3S2-2. The molecule has 0 amide bonds. The summed E-state index contributed by atoms with van der Waals surface area (Å²) in [7, 11) is 0. The van der Waals surface area contributed by atoms with Crippen LogP contribution in [0.5, 0.6) is 0 Å². The van der Waals surface area contributed by atoms with Gasteiger partial charge in [-0.3, -0.25) is 0 Å². The van der Waals surface area contributed by atoms with Crippen LogP contribution >= 0.6 is 23.5 Å². The van der Waals surface area contributed by atoms with Crippen LogP contribution in [-0.4, -0.2) is 9.97 Å². The Bertz CT molecular complexity index is 1660. The van der Waals surface area contributed by atoms with Crippen LogP contribution in [0, 0.1) is 12.1 Å². The smallest absolute Gasteiger partial charge is 0.0513 e. The van der Waals surface area contributed by atoms with Gasteiger partial charge in [-0.25, -0.2) is 0 Å². The molecule has 0 bridgehead atoms. The molecule has 1 radical (unpaired) electrons. The van der Waals surface area contributed by atoms with Gasteiger partial charge in [0, 0.05) is 42.3 Å². The molecule has 0 unspecified atom stereocenters. The number of anilines is 3. The van der Waals surface area contributed by atoms with E-state index in [1.54, 1.807) is 18.0 Å². The van der Waals surface area contributed by atoms with Gasteiger partial charge in [0.15, 0.2) is 0 Å². The van der Waals surface area contributed by atoms with Gasteiger partial charge < -0.3 is 14.9 Å². The number of benzene rings is 4. The number of nitrogens with zero attached hydrogens (tertiary/aromatic N) is 3. The van der Waals surface area contributed by atoms with E-state index in [9.17, 15) is 0 Å². The number of rotatable bonds is 2. The molecule has 2 aromatic heterocycles. The van der Waals surface area contributed by atoms with E-state index in [4.69, 9.17) is 0 Å². The number of hydrogen-bond acceptors (Lipinski definition) is 5. The Kier molecular flexibility index (Phi) is 7.85. The number of hydrogen-bond donors (Lipinski definition) is 0. The van der Waals surface area contributed by atoms with Crippen LogP contribution in [0.25, 0.3) is 22.5 Å². The van der Waals surface area contributed by atoms with Crippen LogP contribution in [-0.2, 0) is 20.1 Å². The van der Waals surface area contributed by atoms with Crippen molar-refractivity contribution < 1.29 is 20.1 Å². The fraction of sp³-hybridized carbons (Fsp3) is 0. The third kappa shape index (κ3) is 5.12. The van der Waals surface area contributed by atoms with Crippen molar-refractivity contribution in [2.24, 2.45) is 0 Å². The molecule has 4 heterocycles. The summed E-state index contributed by atoms with van der Waals surface area (Å²) in [6.45, 7) is 0. The molecule has 0 fully saturated rings. The number of pyridine rings is 2. The summed E-state index contributed by atoms with van der Waals surface area (Å²) < 4.78 is 0. The van der Waals surface area contributed by atoms with Gasteiger partial charge in [-0.05, 0) is 63.3 Å². The molecule has 3 nitrogen and oxygen atoms in total. The predicted octanol–water partition coefficient (Wildman–Crippen LogP) is 9.49. The fourth-order valence-electron chi connectivity index (χ4n) is 4.68. The molecule has 0 aliphatic carbocycles. The van der Waals surface area contributed by atoms with E-state index in [1.165, 1.54) is 31.7 Å². The average molecular weight is 728 g/mol. The molecule has 2 aliphatic heterocycles. The van der Waals surface area contributed by atoms with E-state index in [-0.39, 0.29) is 20.1 Å². The van der Waals surface area contributed by atoms with E-state index >= 15 is 0 Å². The molecule has 8 rings (SSSR count). The first-order chi connectivity index (χ1) is 19.3. The number of para-hydroxylation sites is 2. The second-order valence-electron chi connectivity index (χ2n) is 8.91. The Morgan fingerprint density at radius 1 is 0.575 bits per heavy atom. The van der Waals surface area contributed by atoms with Crippen LogP contribution in [0.3, 0.4) is 0 Å². The standard InChI is InChI=1S/C23H13N2S2.C11H8N.Ir/c1-3-10-19-17(8-1)25-18-9-2-4-11-20(18)27-22-14-15(13-21(26-19)23(22)25)16-7-5-6-12-24-16;1-2-6-10(7-3-1)11-8-4-5-9-12-11;/h1-13H;1-6,8-9H;/q2*-1;. The van der Waals surface area contributed by atoms with Crippen molar-refractivity contribution in [2.75, 3.05) is 4.90 Å². The minimum atomic E-state index is 0. The maximum atomic E-state index is 4.54. The Balaban J connectivity index is 0.000000188. The summed E-state index contributed by atoms with van der Waals surface area (Å²) in [5.41, 5.74) is 7.73. The molecule has 2 aliphatic rings. The summed E-state index contributed by atoms with van der Waals surface area (Å²) in [6, 6.07) is 45.9. The first kappa shape index (κ1) is 26.5. The molecule has 0 spiro atoms. The monoisotopic (exact) mass is 728 g/mol. The van der Waals surface area contributed by atoms with Gasteiger partial charge in [0.1, 0.15) is 0 Å². The molecule has 0 saturated carbocycles. The third-order valence-corrected chi connectivity index (χ3v) is 8.59. The third-order valence-electron chi connectivity index (χ3n) is 6.43. The van der Waals surface area contributed by atoms with Crippen LogP contribution < -0.4 is 4.90 Å². The summed E-state index contributed by atoms with van der Waals surface area (Å²) in [5.74, 6) is 0. The summed E-state index contributed by atoms with van der Waals surface area (Å²) in [4.78, 5) is 16.1. The Morgan fingerprint density at radius 3 is 1.80 bits per heavy atom. The van der Waals surface area contributed by atoms with Crippen LogP contribution in [0.1, 0.15) is 0 Å². The van der Waals surface area contributed by atoms with Gasteiger partial charge in [0.05, 0.1) is 11.4 Å². The van der Waals surface area contributed by atoms with Crippen molar-refractivity contribution in [3.05, 3.63) is 140 Å². The molecule has 6 heteroatoms. The minimum Gasteiger partial charge on any atom is -0.348 e. The maximum absolute atomic E-state index is 4.54. The van der Waals surface area contributed by atoms with Crippen molar-refractivity contribution in [1.82, 2.24) is 9.97 Å². The van der Waals surface area contributed by atoms with Crippen LogP contribution in [0.2, 0.25) is 0 Å². The van der Waals surface area contributed by atoms with Crippen LogP contribution in [0.15, 0.2) is 147 Å². The first-order valence-electron chi connectivity index (χ1n) is 12.6. The summed E-state index contributed by atoms with van der Waals surface area (Å²) >= 11 is 3.63. The van der Waals surface area contributed by atoms with E-state index in [2.05, 4.69) is 81.6 Å². The molecule has 6 aromatic rings. The summed E-state index contributed by atoms with van der Waals surface area (Å²) in [6.07, 6.45) is 3.63. The quantitative estimate of drug-likeness (QED) is 0.166. The zero-order chi connectivity index (χ0) is 26.0. The van der Waals surface area contributed by atoms with E-state index in [1.807, 2.05) is 78.6 Å². The minimum absolute atomic E-state index is 0. The van der Waals surface area contributed by atoms with E-state index < -0.39 is 0 Å². The van der Waals surface area contributed by atoms with Gasteiger partial charge in [-0.1, -0.05) is 48.5 Å². The topological polar surface area (TPSA) is 29.0 Å². The zero-order valence-corrected chi connectivity index (χ0v) is 25.1. The molecular weight excluding hydrogens is 707 g/mol. The van der Waals surface area contributed by atoms with Crippen LogP contribution in [0.4, 0.5) is 17.1 Å². The van der Waals surface area contributed by atoms with Gasteiger partial charge in [-0.2, -0.15) is 0 Å². The summed E-state index contributed by atoms with van der Waals surface area (Å²) in [5, 5.41) is 0. The Labute approximate surface area is 256 Å². The predicted molar refractivity (Wildman–Crippen MR) is 160 cm³/mol. The largest absolute Gasteiger partial charge is 0.348 e. The van der Waals surface area contributed by atoms with Gasteiger partial charge >= 0.3 is 0 Å². The van der Waals surface area contributed by atoms with Crippen molar-refractivity contribution in [3.8, 4) is 22.5 Å². The molecule has 0 N–H and O–H groups in total. The van der Waals surface area contributed by atoms with Gasteiger partial charge in [0.25, 0.3) is 0 Å². The molecule has 0 atom stereocenters. The first-order valence-corrected chi connectivity index (χ1v) is 14.2. The number of aromatic nitrogens is 2. The molecule has 0 saturated heterocycles. The van der Waals surface area contributed by atoms with Gasteiger partial charge in [0.2, 0.25) is 0 Å². The second-order valence-corrected chi connectivity index (χ2v) is 11.0. The van der Waals surface area contributed by atoms with Crippen molar-refractivity contribution in [1.29, 1.82) is 0 Å². The molecule has 195 valence electrons. The van der Waals surface area contributed by atoms with Gasteiger partial charge in [-0.15, -0.1) is 77.1 Å². The maximum Gasteiger partial charge on any atom is 0.0513 e. The SMILES string of the molecule is [Ir].[c-]1c(-c2ccccn2)cc2c3c1Sc1ccccc1N3c1ccccc1S2.[c-]1ccccc1-c1ccccn1.